The highest BCUT2D eigenvalue weighted by Crippen LogP contribution is 2.26. The molecule has 0 saturated heterocycles. The lowest BCUT2D eigenvalue weighted by Crippen LogP contribution is -2.08. The van der Waals surface area contributed by atoms with Gasteiger partial charge in [0.15, 0.2) is 0 Å². The number of rotatable bonds is 6. The van der Waals surface area contributed by atoms with Crippen molar-refractivity contribution < 1.29 is 13.9 Å². The molecule has 0 aliphatic carbocycles. The van der Waals surface area contributed by atoms with E-state index in [4.69, 9.17) is 21.1 Å². The van der Waals surface area contributed by atoms with Gasteiger partial charge in [0.1, 0.15) is 23.9 Å². The van der Waals surface area contributed by atoms with E-state index in [-0.39, 0.29) is 12.4 Å². The van der Waals surface area contributed by atoms with Crippen LogP contribution in [-0.4, -0.2) is 14.2 Å². The number of nitrogens with one attached hydrogen (secondary N) is 1. The molecule has 2 rings (SSSR count). The molecule has 0 saturated carbocycles. The van der Waals surface area contributed by atoms with Gasteiger partial charge in [0.05, 0.1) is 7.11 Å². The maximum atomic E-state index is 13.2. The highest BCUT2D eigenvalue weighted by molar-refractivity contribution is 6.31. The molecule has 0 fully saturated rings. The van der Waals surface area contributed by atoms with E-state index in [1.54, 1.807) is 7.11 Å². The zero-order chi connectivity index (χ0) is 15.2. The van der Waals surface area contributed by atoms with Gasteiger partial charge in [-0.15, -0.1) is 0 Å². The summed E-state index contributed by atoms with van der Waals surface area (Å²) in [6, 6.07) is 9.78. The molecule has 1 N–H and O–H groups in total. The summed E-state index contributed by atoms with van der Waals surface area (Å²) in [4.78, 5) is 0. The number of ether oxygens (including phenoxy) is 2. The van der Waals surface area contributed by atoms with Crippen LogP contribution in [0.1, 0.15) is 11.1 Å². The summed E-state index contributed by atoms with van der Waals surface area (Å²) in [7, 11) is 3.47. The van der Waals surface area contributed by atoms with Crippen LogP contribution in [0.2, 0.25) is 5.02 Å². The van der Waals surface area contributed by atoms with E-state index in [9.17, 15) is 4.39 Å². The third-order valence-corrected chi connectivity index (χ3v) is 3.39. The monoisotopic (exact) mass is 309 g/mol. The predicted octanol–water partition coefficient (Wildman–Crippen LogP) is 3.79. The van der Waals surface area contributed by atoms with Gasteiger partial charge in [-0.05, 0) is 43.4 Å². The Kier molecular flexibility index (Phi) is 5.42. The summed E-state index contributed by atoms with van der Waals surface area (Å²) in [6.07, 6.45) is 0. The largest absolute Gasteiger partial charge is 0.497 e. The second-order valence-corrected chi connectivity index (χ2v) is 4.94. The number of benzene rings is 2. The van der Waals surface area contributed by atoms with Gasteiger partial charge in [-0.25, -0.2) is 4.39 Å². The fourth-order valence-electron chi connectivity index (χ4n) is 1.96. The summed E-state index contributed by atoms with van der Waals surface area (Å²) in [6.45, 7) is 0.850. The Morgan fingerprint density at radius 3 is 2.67 bits per heavy atom. The van der Waals surface area contributed by atoms with Gasteiger partial charge in [0.2, 0.25) is 0 Å². The molecule has 21 heavy (non-hydrogen) atoms. The third-order valence-electron chi connectivity index (χ3n) is 3.03. The first-order chi connectivity index (χ1) is 10.1. The van der Waals surface area contributed by atoms with E-state index in [1.165, 1.54) is 18.2 Å². The first kappa shape index (κ1) is 15.6. The normalized spacial score (nSPS) is 10.5. The van der Waals surface area contributed by atoms with E-state index in [1.807, 2.05) is 25.2 Å². The number of hydrogen-bond acceptors (Lipinski definition) is 3. The molecule has 0 aromatic heterocycles. The Morgan fingerprint density at radius 2 is 1.95 bits per heavy atom. The van der Waals surface area contributed by atoms with Gasteiger partial charge in [-0.3, -0.25) is 0 Å². The first-order valence-corrected chi connectivity index (χ1v) is 6.90. The fourth-order valence-corrected chi connectivity index (χ4v) is 2.13. The van der Waals surface area contributed by atoms with Crippen LogP contribution in [0.4, 0.5) is 4.39 Å². The molecular formula is C16H17ClFNO2. The Labute approximate surface area is 128 Å². The lowest BCUT2D eigenvalue weighted by Gasteiger charge is -2.13. The molecule has 0 atom stereocenters. The zero-order valence-electron chi connectivity index (χ0n) is 12.0. The summed E-state index contributed by atoms with van der Waals surface area (Å²) >= 11 is 6.03. The average molecular weight is 310 g/mol. The summed E-state index contributed by atoms with van der Waals surface area (Å²) in [5.74, 6) is 1.14. The van der Waals surface area contributed by atoms with E-state index in [0.717, 1.165) is 11.3 Å². The van der Waals surface area contributed by atoms with Crippen LogP contribution in [0.5, 0.6) is 11.5 Å². The molecule has 0 unspecified atom stereocenters. The Balaban J connectivity index is 2.17. The van der Waals surface area contributed by atoms with Crippen LogP contribution in [0, 0.1) is 5.82 Å². The molecule has 0 bridgehead atoms. The summed E-state index contributed by atoms with van der Waals surface area (Å²) in [5.41, 5.74) is 1.58. The lowest BCUT2D eigenvalue weighted by molar-refractivity contribution is 0.301. The minimum absolute atomic E-state index is 0.208. The van der Waals surface area contributed by atoms with E-state index < -0.39 is 0 Å². The SMILES string of the molecule is CNCc1cc(OC)ccc1OCc1cc(F)ccc1Cl. The molecule has 112 valence electrons. The molecule has 2 aromatic carbocycles. The Hall–Kier alpha value is -1.78. The van der Waals surface area contributed by atoms with Crippen molar-refractivity contribution >= 4 is 11.6 Å². The van der Waals surface area contributed by atoms with Crippen LogP contribution < -0.4 is 14.8 Å². The van der Waals surface area contributed by atoms with Crippen molar-refractivity contribution in [1.82, 2.24) is 5.32 Å². The van der Waals surface area contributed by atoms with E-state index >= 15 is 0 Å². The van der Waals surface area contributed by atoms with Gasteiger partial charge in [0, 0.05) is 22.7 Å². The van der Waals surface area contributed by atoms with Gasteiger partial charge in [-0.1, -0.05) is 11.6 Å². The molecule has 0 heterocycles. The maximum Gasteiger partial charge on any atom is 0.124 e. The highest BCUT2D eigenvalue weighted by atomic mass is 35.5. The fraction of sp³-hybridized carbons (Fsp3) is 0.250. The Morgan fingerprint density at radius 1 is 1.14 bits per heavy atom. The predicted molar refractivity (Wildman–Crippen MR) is 81.5 cm³/mol. The molecule has 0 aliphatic heterocycles. The molecule has 3 nitrogen and oxygen atoms in total. The van der Waals surface area contributed by atoms with Crippen molar-refractivity contribution in [3.63, 3.8) is 0 Å². The van der Waals surface area contributed by atoms with Gasteiger partial charge >= 0.3 is 0 Å². The zero-order valence-corrected chi connectivity index (χ0v) is 12.7. The molecule has 0 aliphatic rings. The van der Waals surface area contributed by atoms with Crippen molar-refractivity contribution in [3.05, 3.63) is 58.4 Å². The van der Waals surface area contributed by atoms with Crippen molar-refractivity contribution in [3.8, 4) is 11.5 Å². The number of methoxy groups -OCH3 is 1. The van der Waals surface area contributed by atoms with Crippen LogP contribution >= 0.6 is 11.6 Å². The smallest absolute Gasteiger partial charge is 0.124 e. The van der Waals surface area contributed by atoms with Crippen molar-refractivity contribution in [1.29, 1.82) is 0 Å². The third kappa shape index (κ3) is 4.09. The molecular weight excluding hydrogens is 293 g/mol. The van der Waals surface area contributed by atoms with E-state index in [0.29, 0.717) is 22.9 Å². The quantitative estimate of drug-likeness (QED) is 0.880. The van der Waals surface area contributed by atoms with Crippen LogP contribution in [-0.2, 0) is 13.2 Å². The minimum Gasteiger partial charge on any atom is -0.497 e. The summed E-state index contributed by atoms with van der Waals surface area (Å²) < 4.78 is 24.2. The molecule has 0 amide bonds. The first-order valence-electron chi connectivity index (χ1n) is 6.52. The molecule has 0 radical (unpaired) electrons. The second kappa shape index (κ2) is 7.29. The average Bonchev–Trinajstić information content (AvgIpc) is 2.49. The van der Waals surface area contributed by atoms with Crippen LogP contribution in [0.15, 0.2) is 36.4 Å². The van der Waals surface area contributed by atoms with Gasteiger partial charge in [-0.2, -0.15) is 0 Å². The van der Waals surface area contributed by atoms with Gasteiger partial charge < -0.3 is 14.8 Å². The number of hydrogen-bond donors (Lipinski definition) is 1. The summed E-state index contributed by atoms with van der Waals surface area (Å²) in [5, 5.41) is 3.56. The van der Waals surface area contributed by atoms with Crippen LogP contribution in [0.25, 0.3) is 0 Å². The Bertz CT molecular complexity index is 619. The maximum absolute atomic E-state index is 13.2. The lowest BCUT2D eigenvalue weighted by atomic mass is 10.2. The van der Waals surface area contributed by atoms with Crippen LogP contribution in [0.3, 0.4) is 0 Å². The minimum atomic E-state index is -0.330. The topological polar surface area (TPSA) is 30.5 Å². The standard InChI is InChI=1S/C16H17ClFNO2/c1-19-9-11-8-14(20-2)4-6-16(11)21-10-12-7-13(18)3-5-15(12)17/h3-8,19H,9-10H2,1-2H3. The number of halogens is 2. The van der Waals surface area contributed by atoms with Crippen molar-refractivity contribution in [2.45, 2.75) is 13.2 Å². The molecule has 2 aromatic rings. The molecule has 5 heteroatoms. The highest BCUT2D eigenvalue weighted by Gasteiger charge is 2.08. The van der Waals surface area contributed by atoms with Crippen molar-refractivity contribution in [2.75, 3.05) is 14.2 Å². The van der Waals surface area contributed by atoms with Crippen molar-refractivity contribution in [2.24, 2.45) is 0 Å². The molecule has 0 spiro atoms. The van der Waals surface area contributed by atoms with Gasteiger partial charge in [0.25, 0.3) is 0 Å². The van der Waals surface area contributed by atoms with E-state index in [2.05, 4.69) is 5.32 Å². The second-order valence-electron chi connectivity index (χ2n) is 4.53.